The lowest BCUT2D eigenvalue weighted by Crippen LogP contribution is -2.45. The van der Waals surface area contributed by atoms with E-state index in [1.165, 1.54) is 31.2 Å². The molecule has 3 rings (SSSR count). The standard InChI is InChI=1S/C16H23NO2/c1-18-16-9-5-3-7-14(16)17-13-10-11-19-15-8-4-2-6-12(13)15/h2,4,6,8,13-14,16-17H,3,5,7,9-11H2,1H3. The molecule has 1 heterocycles. The highest BCUT2D eigenvalue weighted by molar-refractivity contribution is 5.37. The topological polar surface area (TPSA) is 30.5 Å². The van der Waals surface area contributed by atoms with Crippen molar-refractivity contribution in [2.45, 2.75) is 50.3 Å². The summed E-state index contributed by atoms with van der Waals surface area (Å²) >= 11 is 0. The van der Waals surface area contributed by atoms with Crippen molar-refractivity contribution >= 4 is 0 Å². The number of fused-ring (bicyclic) bond motifs is 1. The van der Waals surface area contributed by atoms with Gasteiger partial charge in [-0.3, -0.25) is 0 Å². The van der Waals surface area contributed by atoms with Crippen LogP contribution < -0.4 is 10.1 Å². The molecule has 0 saturated heterocycles. The van der Waals surface area contributed by atoms with Gasteiger partial charge in [-0.15, -0.1) is 0 Å². The Hall–Kier alpha value is -1.06. The third kappa shape index (κ3) is 2.77. The molecule has 0 aromatic heterocycles. The molecule has 1 aliphatic heterocycles. The van der Waals surface area contributed by atoms with Crippen molar-refractivity contribution in [1.29, 1.82) is 0 Å². The van der Waals surface area contributed by atoms with Gasteiger partial charge in [-0.2, -0.15) is 0 Å². The van der Waals surface area contributed by atoms with Crippen LogP contribution in [0.25, 0.3) is 0 Å². The molecule has 0 radical (unpaired) electrons. The summed E-state index contributed by atoms with van der Waals surface area (Å²) in [7, 11) is 1.84. The fourth-order valence-corrected chi connectivity index (χ4v) is 3.34. The van der Waals surface area contributed by atoms with Crippen molar-refractivity contribution in [3.8, 4) is 5.75 Å². The first-order valence-electron chi connectivity index (χ1n) is 7.39. The summed E-state index contributed by atoms with van der Waals surface area (Å²) in [5.74, 6) is 1.04. The second-order valence-corrected chi connectivity index (χ2v) is 5.56. The lowest BCUT2D eigenvalue weighted by atomic mass is 9.90. The lowest BCUT2D eigenvalue weighted by molar-refractivity contribution is 0.0354. The molecule has 1 aromatic rings. The molecular formula is C16H23NO2. The Morgan fingerprint density at radius 1 is 1.16 bits per heavy atom. The normalized spacial score (nSPS) is 30.5. The van der Waals surface area contributed by atoms with E-state index in [0.29, 0.717) is 18.2 Å². The van der Waals surface area contributed by atoms with Gasteiger partial charge in [-0.25, -0.2) is 0 Å². The molecule has 104 valence electrons. The van der Waals surface area contributed by atoms with Crippen LogP contribution >= 0.6 is 0 Å². The molecule has 0 bridgehead atoms. The molecule has 3 unspecified atom stereocenters. The number of methoxy groups -OCH3 is 1. The first-order valence-corrected chi connectivity index (χ1v) is 7.39. The summed E-state index contributed by atoms with van der Waals surface area (Å²) in [6.45, 7) is 0.805. The highest BCUT2D eigenvalue weighted by Gasteiger charge is 2.29. The molecule has 19 heavy (non-hydrogen) atoms. The zero-order chi connectivity index (χ0) is 13.1. The summed E-state index contributed by atoms with van der Waals surface area (Å²) < 4.78 is 11.4. The van der Waals surface area contributed by atoms with Crippen LogP contribution in [0.5, 0.6) is 5.75 Å². The van der Waals surface area contributed by atoms with Crippen LogP contribution in [0.2, 0.25) is 0 Å². The third-order valence-electron chi connectivity index (χ3n) is 4.38. The second-order valence-electron chi connectivity index (χ2n) is 5.56. The second kappa shape index (κ2) is 5.93. The minimum absolute atomic E-state index is 0.365. The van der Waals surface area contributed by atoms with Gasteiger partial charge in [0.15, 0.2) is 0 Å². The van der Waals surface area contributed by atoms with E-state index in [0.717, 1.165) is 18.8 Å². The van der Waals surface area contributed by atoms with Crippen molar-refractivity contribution < 1.29 is 9.47 Å². The van der Waals surface area contributed by atoms with Crippen LogP contribution in [0.3, 0.4) is 0 Å². The highest BCUT2D eigenvalue weighted by Crippen LogP contribution is 2.33. The van der Waals surface area contributed by atoms with Crippen LogP contribution in [0, 0.1) is 0 Å². The average molecular weight is 261 g/mol. The fraction of sp³-hybridized carbons (Fsp3) is 0.625. The third-order valence-corrected chi connectivity index (χ3v) is 4.38. The predicted molar refractivity (Wildman–Crippen MR) is 75.5 cm³/mol. The molecule has 1 fully saturated rings. The van der Waals surface area contributed by atoms with E-state index in [2.05, 4.69) is 23.5 Å². The van der Waals surface area contributed by atoms with Gasteiger partial charge in [0.2, 0.25) is 0 Å². The smallest absolute Gasteiger partial charge is 0.124 e. The molecule has 2 aliphatic rings. The van der Waals surface area contributed by atoms with E-state index >= 15 is 0 Å². The van der Waals surface area contributed by atoms with E-state index in [1.807, 2.05) is 13.2 Å². The van der Waals surface area contributed by atoms with Crippen LogP contribution in [0.4, 0.5) is 0 Å². The van der Waals surface area contributed by atoms with Crippen molar-refractivity contribution in [1.82, 2.24) is 5.32 Å². The summed E-state index contributed by atoms with van der Waals surface area (Å²) in [4.78, 5) is 0. The fourth-order valence-electron chi connectivity index (χ4n) is 3.34. The number of para-hydroxylation sites is 1. The van der Waals surface area contributed by atoms with Gasteiger partial charge in [0.1, 0.15) is 5.75 Å². The van der Waals surface area contributed by atoms with E-state index in [-0.39, 0.29) is 0 Å². The minimum atomic E-state index is 0.365. The zero-order valence-electron chi connectivity index (χ0n) is 11.6. The number of rotatable bonds is 3. The highest BCUT2D eigenvalue weighted by atomic mass is 16.5. The maximum absolute atomic E-state index is 5.72. The van der Waals surface area contributed by atoms with Crippen LogP contribution in [0.15, 0.2) is 24.3 Å². The summed E-state index contributed by atoms with van der Waals surface area (Å²) in [6.07, 6.45) is 6.41. The summed E-state index contributed by atoms with van der Waals surface area (Å²) in [5, 5.41) is 3.81. The van der Waals surface area contributed by atoms with Gasteiger partial charge in [0.25, 0.3) is 0 Å². The molecule has 0 amide bonds. The predicted octanol–water partition coefficient (Wildman–Crippen LogP) is 3.06. The van der Waals surface area contributed by atoms with Gasteiger partial charge >= 0.3 is 0 Å². The Labute approximate surface area is 115 Å². The van der Waals surface area contributed by atoms with E-state index in [4.69, 9.17) is 9.47 Å². The van der Waals surface area contributed by atoms with E-state index < -0.39 is 0 Å². The van der Waals surface area contributed by atoms with Gasteiger partial charge in [0, 0.05) is 31.2 Å². The van der Waals surface area contributed by atoms with Crippen molar-refractivity contribution in [3.63, 3.8) is 0 Å². The van der Waals surface area contributed by atoms with Crippen molar-refractivity contribution in [3.05, 3.63) is 29.8 Å². The number of nitrogens with one attached hydrogen (secondary N) is 1. The van der Waals surface area contributed by atoms with E-state index in [1.54, 1.807) is 0 Å². The van der Waals surface area contributed by atoms with Crippen LogP contribution in [-0.4, -0.2) is 25.9 Å². The summed E-state index contributed by atoms with van der Waals surface area (Å²) in [6, 6.07) is 9.27. The monoisotopic (exact) mass is 261 g/mol. The summed E-state index contributed by atoms with van der Waals surface area (Å²) in [5.41, 5.74) is 1.30. The first kappa shape index (κ1) is 12.9. The molecule has 3 nitrogen and oxygen atoms in total. The molecule has 1 N–H and O–H groups in total. The number of ether oxygens (including phenoxy) is 2. The Morgan fingerprint density at radius 3 is 2.89 bits per heavy atom. The lowest BCUT2D eigenvalue weighted by Gasteiger charge is -2.36. The van der Waals surface area contributed by atoms with Crippen LogP contribution in [0.1, 0.15) is 43.7 Å². The molecule has 3 heteroatoms. The van der Waals surface area contributed by atoms with Crippen LogP contribution in [-0.2, 0) is 4.74 Å². The number of hydrogen-bond donors (Lipinski definition) is 1. The van der Waals surface area contributed by atoms with Gasteiger partial charge in [-0.1, -0.05) is 31.0 Å². The minimum Gasteiger partial charge on any atom is -0.493 e. The van der Waals surface area contributed by atoms with Gasteiger partial charge in [0.05, 0.1) is 12.7 Å². The Morgan fingerprint density at radius 2 is 2.00 bits per heavy atom. The maximum atomic E-state index is 5.72. The zero-order valence-corrected chi connectivity index (χ0v) is 11.6. The molecular weight excluding hydrogens is 238 g/mol. The maximum Gasteiger partial charge on any atom is 0.124 e. The average Bonchev–Trinajstić information content (AvgIpc) is 2.48. The Balaban J connectivity index is 1.73. The number of hydrogen-bond acceptors (Lipinski definition) is 3. The number of benzene rings is 1. The Bertz CT molecular complexity index is 421. The molecule has 1 aromatic carbocycles. The van der Waals surface area contributed by atoms with Gasteiger partial charge in [-0.05, 0) is 18.9 Å². The quantitative estimate of drug-likeness (QED) is 0.907. The molecule has 1 saturated carbocycles. The molecule has 3 atom stereocenters. The molecule has 1 aliphatic carbocycles. The Kier molecular flexibility index (Phi) is 4.04. The van der Waals surface area contributed by atoms with Crippen molar-refractivity contribution in [2.75, 3.05) is 13.7 Å². The first-order chi connectivity index (χ1) is 9.38. The van der Waals surface area contributed by atoms with Gasteiger partial charge < -0.3 is 14.8 Å². The van der Waals surface area contributed by atoms with E-state index in [9.17, 15) is 0 Å². The SMILES string of the molecule is COC1CCCCC1NC1CCOc2ccccc21. The molecule has 0 spiro atoms. The largest absolute Gasteiger partial charge is 0.493 e. The van der Waals surface area contributed by atoms with Crippen molar-refractivity contribution in [2.24, 2.45) is 0 Å².